The number of esters is 2. The summed E-state index contributed by atoms with van der Waals surface area (Å²) in [6, 6.07) is 0. The second-order valence-corrected chi connectivity index (χ2v) is 5.36. The third-order valence-electron chi connectivity index (χ3n) is 3.41. The summed E-state index contributed by atoms with van der Waals surface area (Å²) in [5.41, 5.74) is 0. The molecule has 126 valence electrons. The summed E-state index contributed by atoms with van der Waals surface area (Å²) < 4.78 is 10.1. The summed E-state index contributed by atoms with van der Waals surface area (Å²) in [7, 11) is 0. The van der Waals surface area contributed by atoms with Crippen LogP contribution in [0.4, 0.5) is 0 Å². The highest BCUT2D eigenvalue weighted by Gasteiger charge is 2.14. The first-order chi connectivity index (χ1) is 10.6. The van der Waals surface area contributed by atoms with Gasteiger partial charge in [-0.2, -0.15) is 0 Å². The number of hydrogen-bond donors (Lipinski definition) is 0. The topological polar surface area (TPSA) is 52.6 Å². The number of unbranched alkanes of at least 4 members (excludes halogenated alkanes) is 7. The van der Waals surface area contributed by atoms with Crippen LogP contribution in [-0.4, -0.2) is 24.6 Å². The van der Waals surface area contributed by atoms with Crippen LogP contribution < -0.4 is 0 Å². The quantitative estimate of drug-likeness (QED) is 0.272. The van der Waals surface area contributed by atoms with E-state index in [0.717, 1.165) is 25.0 Å². The Labute approximate surface area is 134 Å². The van der Waals surface area contributed by atoms with Gasteiger partial charge in [-0.3, -0.25) is 0 Å². The fourth-order valence-electron chi connectivity index (χ4n) is 2.13. The Bertz CT molecular complexity index is 336. The second kappa shape index (κ2) is 14.4. The van der Waals surface area contributed by atoms with Gasteiger partial charge in [0.25, 0.3) is 0 Å². The van der Waals surface area contributed by atoms with Crippen molar-refractivity contribution in [2.75, 3.05) is 6.61 Å². The molecule has 0 fully saturated rings. The highest BCUT2D eigenvalue weighted by atomic mass is 16.6. The number of carbonyl (C=O) groups is 2. The van der Waals surface area contributed by atoms with E-state index in [9.17, 15) is 9.59 Å². The zero-order chi connectivity index (χ0) is 16.6. The molecule has 0 amide bonds. The third kappa shape index (κ3) is 12.2. The standard InChI is InChI=1S/C18H30O4/c1-4-7-8-9-10-11-12-13-14-16(22-18(20)6-3)15-21-17(19)5-2/h5-6,16H,2-4,7-15H2,1H3. The molecule has 0 spiro atoms. The minimum Gasteiger partial charge on any atom is -0.459 e. The smallest absolute Gasteiger partial charge is 0.330 e. The lowest BCUT2D eigenvalue weighted by molar-refractivity contribution is -0.153. The van der Waals surface area contributed by atoms with Crippen LogP contribution in [0.1, 0.15) is 64.7 Å². The average Bonchev–Trinajstić information content (AvgIpc) is 2.54. The van der Waals surface area contributed by atoms with Crippen molar-refractivity contribution in [2.24, 2.45) is 0 Å². The highest BCUT2D eigenvalue weighted by molar-refractivity contribution is 5.82. The molecule has 4 nitrogen and oxygen atoms in total. The lowest BCUT2D eigenvalue weighted by atomic mass is 10.1. The van der Waals surface area contributed by atoms with Crippen molar-refractivity contribution in [1.29, 1.82) is 0 Å². The molecule has 0 radical (unpaired) electrons. The average molecular weight is 310 g/mol. The van der Waals surface area contributed by atoms with Crippen LogP contribution in [0.5, 0.6) is 0 Å². The third-order valence-corrected chi connectivity index (χ3v) is 3.41. The van der Waals surface area contributed by atoms with E-state index in [1.165, 1.54) is 38.5 Å². The molecule has 0 aromatic carbocycles. The minimum atomic E-state index is -0.504. The van der Waals surface area contributed by atoms with Gasteiger partial charge in [0.1, 0.15) is 12.7 Å². The molecule has 0 rings (SSSR count). The molecule has 0 aliphatic rings. The maximum absolute atomic E-state index is 11.3. The Morgan fingerprint density at radius 2 is 1.45 bits per heavy atom. The van der Waals surface area contributed by atoms with Gasteiger partial charge in [-0.1, -0.05) is 65.0 Å². The maximum atomic E-state index is 11.3. The van der Waals surface area contributed by atoms with Gasteiger partial charge in [0.2, 0.25) is 0 Å². The summed E-state index contributed by atoms with van der Waals surface area (Å²) in [6.07, 6.45) is 12.2. The van der Waals surface area contributed by atoms with Crippen LogP contribution in [0.3, 0.4) is 0 Å². The van der Waals surface area contributed by atoms with E-state index in [-0.39, 0.29) is 6.61 Å². The van der Waals surface area contributed by atoms with Crippen LogP contribution in [0.15, 0.2) is 25.3 Å². The fourth-order valence-corrected chi connectivity index (χ4v) is 2.13. The SMILES string of the molecule is C=CC(=O)OCC(CCCCCCCCCC)OC(=O)C=C. The normalized spacial score (nSPS) is 11.5. The summed E-state index contributed by atoms with van der Waals surface area (Å²) in [5, 5.41) is 0. The van der Waals surface area contributed by atoms with Crippen LogP contribution in [0.25, 0.3) is 0 Å². The summed E-state index contributed by atoms with van der Waals surface area (Å²) >= 11 is 0. The van der Waals surface area contributed by atoms with Gasteiger partial charge in [0.05, 0.1) is 0 Å². The van der Waals surface area contributed by atoms with E-state index >= 15 is 0 Å². The summed E-state index contributed by atoms with van der Waals surface area (Å²) in [5.74, 6) is -0.991. The Hall–Kier alpha value is -1.58. The van der Waals surface area contributed by atoms with Crippen molar-refractivity contribution in [3.8, 4) is 0 Å². The number of ether oxygens (including phenoxy) is 2. The zero-order valence-corrected chi connectivity index (χ0v) is 13.9. The van der Waals surface area contributed by atoms with Gasteiger partial charge in [-0.15, -0.1) is 0 Å². The minimum absolute atomic E-state index is 0.0704. The molecule has 22 heavy (non-hydrogen) atoms. The molecule has 0 aliphatic heterocycles. The van der Waals surface area contributed by atoms with Gasteiger partial charge < -0.3 is 9.47 Å². The molecular weight excluding hydrogens is 280 g/mol. The van der Waals surface area contributed by atoms with Crippen molar-refractivity contribution < 1.29 is 19.1 Å². The molecule has 0 aromatic rings. The Balaban J connectivity index is 3.86. The lowest BCUT2D eigenvalue weighted by Crippen LogP contribution is -2.24. The summed E-state index contributed by atoms with van der Waals surface area (Å²) in [4.78, 5) is 22.3. The molecule has 4 heteroatoms. The molecule has 0 aromatic heterocycles. The van der Waals surface area contributed by atoms with Crippen molar-refractivity contribution in [3.05, 3.63) is 25.3 Å². The molecule has 0 N–H and O–H groups in total. The van der Waals surface area contributed by atoms with E-state index < -0.39 is 18.0 Å². The van der Waals surface area contributed by atoms with Gasteiger partial charge in [-0.05, 0) is 12.8 Å². The predicted molar refractivity (Wildman–Crippen MR) is 88.5 cm³/mol. The van der Waals surface area contributed by atoms with Crippen LogP contribution in [-0.2, 0) is 19.1 Å². The zero-order valence-electron chi connectivity index (χ0n) is 13.9. The first-order valence-corrected chi connectivity index (χ1v) is 8.26. The first-order valence-electron chi connectivity index (χ1n) is 8.26. The Morgan fingerprint density at radius 1 is 0.909 bits per heavy atom. The highest BCUT2D eigenvalue weighted by Crippen LogP contribution is 2.12. The van der Waals surface area contributed by atoms with E-state index in [2.05, 4.69) is 20.1 Å². The van der Waals surface area contributed by atoms with E-state index in [1.54, 1.807) is 0 Å². The molecule has 0 heterocycles. The second-order valence-electron chi connectivity index (χ2n) is 5.36. The van der Waals surface area contributed by atoms with Gasteiger partial charge in [0, 0.05) is 12.2 Å². The lowest BCUT2D eigenvalue weighted by Gasteiger charge is -2.16. The van der Waals surface area contributed by atoms with Crippen LogP contribution in [0.2, 0.25) is 0 Å². The fraction of sp³-hybridized carbons (Fsp3) is 0.667. The monoisotopic (exact) mass is 310 g/mol. The van der Waals surface area contributed by atoms with Crippen molar-refractivity contribution in [3.63, 3.8) is 0 Å². The van der Waals surface area contributed by atoms with E-state index in [4.69, 9.17) is 9.47 Å². The van der Waals surface area contributed by atoms with Gasteiger partial charge in [0.15, 0.2) is 0 Å². The number of carbonyl (C=O) groups excluding carboxylic acids is 2. The van der Waals surface area contributed by atoms with E-state index in [0.29, 0.717) is 6.42 Å². The molecule has 0 saturated carbocycles. The van der Waals surface area contributed by atoms with Crippen LogP contribution in [0, 0.1) is 0 Å². The molecule has 0 saturated heterocycles. The van der Waals surface area contributed by atoms with E-state index in [1.807, 2.05) is 0 Å². The summed E-state index contributed by atoms with van der Waals surface area (Å²) in [6.45, 7) is 8.99. The number of rotatable bonds is 14. The van der Waals surface area contributed by atoms with Gasteiger partial charge in [-0.25, -0.2) is 9.59 Å². The largest absolute Gasteiger partial charge is 0.459 e. The molecule has 0 bridgehead atoms. The van der Waals surface area contributed by atoms with Gasteiger partial charge >= 0.3 is 11.9 Å². The van der Waals surface area contributed by atoms with Crippen molar-refractivity contribution >= 4 is 11.9 Å². The first kappa shape index (κ1) is 20.4. The maximum Gasteiger partial charge on any atom is 0.330 e. The molecule has 1 atom stereocenters. The van der Waals surface area contributed by atoms with Crippen molar-refractivity contribution in [1.82, 2.24) is 0 Å². The predicted octanol–water partition coefficient (Wildman–Crippen LogP) is 4.34. The number of hydrogen-bond acceptors (Lipinski definition) is 4. The Morgan fingerprint density at radius 3 is 2.00 bits per heavy atom. The molecular formula is C18H30O4. The Kier molecular flexibility index (Phi) is 13.3. The van der Waals surface area contributed by atoms with Crippen molar-refractivity contribution in [2.45, 2.75) is 70.8 Å². The van der Waals surface area contributed by atoms with Crippen LogP contribution >= 0.6 is 0 Å². The molecule has 0 aliphatic carbocycles. The molecule has 1 unspecified atom stereocenters.